The summed E-state index contributed by atoms with van der Waals surface area (Å²) in [7, 11) is 0. The van der Waals surface area contributed by atoms with Crippen LogP contribution in [0.1, 0.15) is 48.5 Å². The number of nitrogens with one attached hydrogen (secondary N) is 3. The summed E-state index contributed by atoms with van der Waals surface area (Å²) in [6.07, 6.45) is 0. The van der Waals surface area contributed by atoms with Gasteiger partial charge in [-0.25, -0.2) is 0 Å². The minimum atomic E-state index is -0.504. The summed E-state index contributed by atoms with van der Waals surface area (Å²) >= 11 is 0. The molecule has 0 heterocycles. The van der Waals surface area contributed by atoms with Gasteiger partial charge in [-0.15, -0.1) is 24.0 Å². The number of rotatable bonds is 5. The Morgan fingerprint density at radius 2 is 1.50 bits per heavy atom. The van der Waals surface area contributed by atoms with Gasteiger partial charge in [-0.2, -0.15) is 0 Å². The van der Waals surface area contributed by atoms with Crippen molar-refractivity contribution < 1.29 is 4.79 Å². The van der Waals surface area contributed by atoms with E-state index in [1.807, 2.05) is 27.7 Å². The first-order chi connectivity index (χ1) is 8.62. The van der Waals surface area contributed by atoms with Crippen molar-refractivity contribution in [3.05, 3.63) is 0 Å². The lowest BCUT2D eigenvalue weighted by molar-refractivity contribution is -0.128. The van der Waals surface area contributed by atoms with Gasteiger partial charge in [0.25, 0.3) is 0 Å². The van der Waals surface area contributed by atoms with E-state index < -0.39 is 5.41 Å². The van der Waals surface area contributed by atoms with Crippen molar-refractivity contribution in [2.45, 2.75) is 54.0 Å². The Hall–Kier alpha value is -0.530. The molecule has 0 fully saturated rings. The van der Waals surface area contributed by atoms with Crippen molar-refractivity contribution in [2.24, 2.45) is 10.4 Å². The molecule has 0 aromatic carbocycles. The molecule has 0 saturated carbocycles. The standard InChI is InChI=1S/C14H30N4O.HI/c1-8-15-11(19)14(6,7)10-17-12(16-9-2)18-13(3,4)5;/h8-10H2,1-7H3,(H,15,19)(H2,16,17,18);1H. The Morgan fingerprint density at radius 1 is 1.00 bits per heavy atom. The molecular formula is C14H31IN4O. The molecule has 0 bridgehead atoms. The highest BCUT2D eigenvalue weighted by atomic mass is 127. The second kappa shape index (κ2) is 9.41. The maximum Gasteiger partial charge on any atom is 0.227 e. The van der Waals surface area contributed by atoms with Crippen molar-refractivity contribution in [2.75, 3.05) is 19.6 Å². The molecule has 0 aliphatic rings. The first-order valence-electron chi connectivity index (χ1n) is 6.97. The van der Waals surface area contributed by atoms with Gasteiger partial charge in [0.15, 0.2) is 5.96 Å². The number of aliphatic imine (C=N–C) groups is 1. The summed E-state index contributed by atoms with van der Waals surface area (Å²) in [5.74, 6) is 0.776. The highest BCUT2D eigenvalue weighted by Gasteiger charge is 2.27. The van der Waals surface area contributed by atoms with Gasteiger partial charge < -0.3 is 16.0 Å². The van der Waals surface area contributed by atoms with Crippen LogP contribution in [0, 0.1) is 5.41 Å². The van der Waals surface area contributed by atoms with E-state index in [1.165, 1.54) is 0 Å². The van der Waals surface area contributed by atoms with Gasteiger partial charge in [-0.3, -0.25) is 9.79 Å². The van der Waals surface area contributed by atoms with E-state index in [1.54, 1.807) is 0 Å². The fourth-order valence-corrected chi connectivity index (χ4v) is 1.41. The normalized spacial score (nSPS) is 12.4. The van der Waals surface area contributed by atoms with Gasteiger partial charge in [-0.1, -0.05) is 0 Å². The topological polar surface area (TPSA) is 65.5 Å². The molecule has 20 heavy (non-hydrogen) atoms. The molecule has 0 aromatic heterocycles. The van der Waals surface area contributed by atoms with Crippen LogP contribution in [-0.4, -0.2) is 37.0 Å². The number of nitrogens with zero attached hydrogens (tertiary/aromatic N) is 1. The molecule has 0 saturated heterocycles. The maximum atomic E-state index is 11.9. The van der Waals surface area contributed by atoms with Gasteiger partial charge in [0.2, 0.25) is 5.91 Å². The smallest absolute Gasteiger partial charge is 0.227 e. The van der Waals surface area contributed by atoms with Crippen LogP contribution in [0.15, 0.2) is 4.99 Å². The number of amides is 1. The molecule has 0 spiro atoms. The third-order valence-electron chi connectivity index (χ3n) is 2.42. The van der Waals surface area contributed by atoms with Gasteiger partial charge >= 0.3 is 0 Å². The van der Waals surface area contributed by atoms with E-state index in [4.69, 9.17) is 0 Å². The molecular weight excluding hydrogens is 367 g/mol. The summed E-state index contributed by atoms with van der Waals surface area (Å²) in [5, 5.41) is 9.34. The van der Waals surface area contributed by atoms with Crippen LogP contribution < -0.4 is 16.0 Å². The van der Waals surface area contributed by atoms with Crippen LogP contribution in [0.2, 0.25) is 0 Å². The number of halogens is 1. The van der Waals surface area contributed by atoms with Crippen molar-refractivity contribution in [1.29, 1.82) is 0 Å². The van der Waals surface area contributed by atoms with Crippen LogP contribution in [0.4, 0.5) is 0 Å². The molecule has 0 atom stereocenters. The maximum absolute atomic E-state index is 11.9. The summed E-state index contributed by atoms with van der Waals surface area (Å²) in [6.45, 7) is 15.9. The molecule has 0 aliphatic carbocycles. The van der Waals surface area contributed by atoms with Gasteiger partial charge in [0, 0.05) is 18.6 Å². The Balaban J connectivity index is 0. The number of hydrogen-bond acceptors (Lipinski definition) is 2. The summed E-state index contributed by atoms with van der Waals surface area (Å²) in [5.41, 5.74) is -0.562. The third-order valence-corrected chi connectivity index (χ3v) is 2.42. The zero-order valence-corrected chi connectivity index (χ0v) is 16.2. The number of guanidine groups is 1. The fraction of sp³-hybridized carbons (Fsp3) is 0.857. The lowest BCUT2D eigenvalue weighted by Gasteiger charge is -2.26. The Kier molecular flexibility index (Phi) is 10.2. The largest absolute Gasteiger partial charge is 0.357 e. The predicted molar refractivity (Wildman–Crippen MR) is 96.7 cm³/mol. The van der Waals surface area contributed by atoms with E-state index in [9.17, 15) is 4.79 Å². The molecule has 1 amide bonds. The molecule has 5 nitrogen and oxygen atoms in total. The highest BCUT2D eigenvalue weighted by Crippen LogP contribution is 2.15. The molecule has 0 unspecified atom stereocenters. The van der Waals surface area contributed by atoms with E-state index in [-0.39, 0.29) is 35.4 Å². The van der Waals surface area contributed by atoms with Gasteiger partial charge in [-0.05, 0) is 48.5 Å². The summed E-state index contributed by atoms with van der Waals surface area (Å²) in [6, 6.07) is 0. The fourth-order valence-electron chi connectivity index (χ4n) is 1.41. The average molecular weight is 398 g/mol. The third kappa shape index (κ3) is 9.39. The lowest BCUT2D eigenvalue weighted by atomic mass is 9.92. The molecule has 0 aliphatic heterocycles. The molecule has 6 heteroatoms. The van der Waals surface area contributed by atoms with E-state index >= 15 is 0 Å². The number of carbonyl (C=O) groups excluding carboxylic acids is 1. The second-order valence-corrected chi connectivity index (χ2v) is 6.31. The van der Waals surface area contributed by atoms with Crippen LogP contribution in [0.5, 0.6) is 0 Å². The van der Waals surface area contributed by atoms with Crippen molar-refractivity contribution in [3.63, 3.8) is 0 Å². The Bertz CT molecular complexity index is 322. The van der Waals surface area contributed by atoms with Crippen LogP contribution in [0.3, 0.4) is 0 Å². The van der Waals surface area contributed by atoms with Crippen LogP contribution in [-0.2, 0) is 4.79 Å². The van der Waals surface area contributed by atoms with Crippen molar-refractivity contribution >= 4 is 35.8 Å². The SMILES string of the molecule is CCNC(=O)C(C)(C)CN=C(NCC)NC(C)(C)C.I. The predicted octanol–water partition coefficient (Wildman–Crippen LogP) is 2.12. The molecule has 3 N–H and O–H groups in total. The van der Waals surface area contributed by atoms with Crippen LogP contribution >= 0.6 is 24.0 Å². The van der Waals surface area contributed by atoms with E-state index in [0.717, 1.165) is 12.5 Å². The second-order valence-electron chi connectivity index (χ2n) is 6.31. The molecule has 0 rings (SSSR count). The zero-order valence-electron chi connectivity index (χ0n) is 13.9. The lowest BCUT2D eigenvalue weighted by Crippen LogP contribution is -2.48. The monoisotopic (exact) mass is 398 g/mol. The average Bonchev–Trinajstić information content (AvgIpc) is 2.25. The quantitative estimate of drug-likeness (QED) is 0.378. The number of hydrogen-bond donors (Lipinski definition) is 3. The number of carbonyl (C=O) groups is 1. The van der Waals surface area contributed by atoms with Gasteiger partial charge in [0.05, 0.1) is 12.0 Å². The van der Waals surface area contributed by atoms with Gasteiger partial charge in [0.1, 0.15) is 0 Å². The molecule has 120 valence electrons. The minimum Gasteiger partial charge on any atom is -0.357 e. The highest BCUT2D eigenvalue weighted by molar-refractivity contribution is 14.0. The van der Waals surface area contributed by atoms with E-state index in [2.05, 4.69) is 41.7 Å². The van der Waals surface area contributed by atoms with Crippen LogP contribution in [0.25, 0.3) is 0 Å². The minimum absolute atomic E-state index is 0. The Labute approximate surface area is 140 Å². The van der Waals surface area contributed by atoms with Crippen molar-refractivity contribution in [3.8, 4) is 0 Å². The molecule has 0 aromatic rings. The van der Waals surface area contributed by atoms with Crippen molar-refractivity contribution in [1.82, 2.24) is 16.0 Å². The Morgan fingerprint density at radius 3 is 1.90 bits per heavy atom. The first kappa shape index (κ1) is 21.8. The zero-order chi connectivity index (χ0) is 15.1. The summed E-state index contributed by atoms with van der Waals surface area (Å²) < 4.78 is 0. The first-order valence-corrected chi connectivity index (χ1v) is 6.97. The van der Waals surface area contributed by atoms with E-state index in [0.29, 0.717) is 13.1 Å². The molecule has 0 radical (unpaired) electrons. The summed E-state index contributed by atoms with van der Waals surface area (Å²) in [4.78, 5) is 16.4.